The minimum atomic E-state index is -0.936. The lowest BCUT2D eigenvalue weighted by molar-refractivity contribution is -0.0846. The van der Waals surface area contributed by atoms with Crippen LogP contribution in [0.3, 0.4) is 0 Å². The van der Waals surface area contributed by atoms with Crippen molar-refractivity contribution in [1.82, 2.24) is 19.6 Å². The first-order valence-electron chi connectivity index (χ1n) is 10.5. The Kier molecular flexibility index (Phi) is 5.77. The fraction of sp³-hybridized carbons (Fsp3) is 0.364. The summed E-state index contributed by atoms with van der Waals surface area (Å²) >= 11 is 8.71. The highest BCUT2D eigenvalue weighted by atomic mass is 127. The number of anilines is 2. The van der Waals surface area contributed by atoms with Crippen molar-refractivity contribution in [3.05, 3.63) is 56.8 Å². The molecule has 2 saturated heterocycles. The van der Waals surface area contributed by atoms with E-state index in [2.05, 4.69) is 15.6 Å². The summed E-state index contributed by atoms with van der Waals surface area (Å²) in [5.74, 6) is -0.693. The molecule has 32 heavy (non-hydrogen) atoms. The molecule has 1 amide bonds. The van der Waals surface area contributed by atoms with Crippen molar-refractivity contribution in [2.45, 2.75) is 30.9 Å². The summed E-state index contributed by atoms with van der Waals surface area (Å²) in [6, 6.07) is 4.51. The number of piperidine rings is 1. The van der Waals surface area contributed by atoms with Crippen LogP contribution in [0.5, 0.6) is 0 Å². The Morgan fingerprint density at radius 3 is 2.91 bits per heavy atom. The van der Waals surface area contributed by atoms with E-state index < -0.39 is 11.4 Å². The van der Waals surface area contributed by atoms with E-state index in [1.165, 1.54) is 6.07 Å². The number of fused-ring (bicyclic) bond motifs is 1. The molecule has 4 heterocycles. The number of pyridine rings is 1. The second kappa shape index (κ2) is 8.44. The molecular weight excluding hydrogens is 548 g/mol. The van der Waals surface area contributed by atoms with Gasteiger partial charge >= 0.3 is 0 Å². The number of nitrogens with zero attached hydrogens (tertiary/aromatic N) is 3. The molecular formula is C22H22ClFIN5O2. The maximum Gasteiger partial charge on any atom is 0.257 e. The topological polar surface area (TPSA) is 81.9 Å². The molecule has 2 aliphatic rings. The van der Waals surface area contributed by atoms with Crippen LogP contribution < -0.4 is 10.6 Å². The van der Waals surface area contributed by atoms with E-state index in [4.69, 9.17) is 11.6 Å². The summed E-state index contributed by atoms with van der Waals surface area (Å²) in [4.78, 5) is 19.8. The Hall–Kier alpha value is -1.95. The first-order chi connectivity index (χ1) is 15.4. The predicted molar refractivity (Wildman–Crippen MR) is 129 cm³/mol. The number of aliphatic hydroxyl groups is 1. The number of halogens is 3. The zero-order valence-corrected chi connectivity index (χ0v) is 20.0. The van der Waals surface area contributed by atoms with E-state index in [1.807, 2.05) is 22.6 Å². The SMILES string of the molecule is O=C(c1cn2ccnc2c(Cl)c1Nc1ccc(I)cc1F)N1CCCCC1C1(O)CNC1. The number of carbonyl (C=O) groups excluding carboxylic acids is 1. The lowest BCUT2D eigenvalue weighted by Crippen LogP contribution is -2.71. The molecule has 0 bridgehead atoms. The summed E-state index contributed by atoms with van der Waals surface area (Å²) in [5, 5.41) is 17.4. The highest BCUT2D eigenvalue weighted by Gasteiger charge is 2.47. The Bertz CT molecular complexity index is 1200. The Labute approximate surface area is 203 Å². The van der Waals surface area contributed by atoms with E-state index in [-0.39, 0.29) is 22.7 Å². The quantitative estimate of drug-likeness (QED) is 0.417. The van der Waals surface area contributed by atoms with Gasteiger partial charge in [0.2, 0.25) is 0 Å². The van der Waals surface area contributed by atoms with Gasteiger partial charge in [-0.2, -0.15) is 0 Å². The number of hydrogen-bond donors (Lipinski definition) is 3. The molecule has 2 fully saturated rings. The number of imidazole rings is 1. The van der Waals surface area contributed by atoms with Gasteiger partial charge in [0.25, 0.3) is 5.91 Å². The Morgan fingerprint density at radius 1 is 1.38 bits per heavy atom. The van der Waals surface area contributed by atoms with Crippen molar-refractivity contribution in [2.24, 2.45) is 0 Å². The third-order valence-corrected chi connectivity index (χ3v) is 7.32. The van der Waals surface area contributed by atoms with Crippen LogP contribution in [0.15, 0.2) is 36.8 Å². The molecule has 3 N–H and O–H groups in total. The Balaban J connectivity index is 1.59. The zero-order valence-electron chi connectivity index (χ0n) is 17.1. The number of nitrogens with one attached hydrogen (secondary N) is 2. The molecule has 0 spiro atoms. The fourth-order valence-electron chi connectivity index (χ4n) is 4.54. The van der Waals surface area contributed by atoms with Crippen molar-refractivity contribution in [2.75, 3.05) is 25.0 Å². The van der Waals surface area contributed by atoms with Gasteiger partial charge in [0, 0.05) is 41.8 Å². The second-order valence-electron chi connectivity index (χ2n) is 8.36. The molecule has 2 aliphatic heterocycles. The summed E-state index contributed by atoms with van der Waals surface area (Å²) < 4.78 is 17.1. The van der Waals surface area contributed by atoms with Crippen molar-refractivity contribution in [3.63, 3.8) is 0 Å². The van der Waals surface area contributed by atoms with Gasteiger partial charge in [0.15, 0.2) is 5.65 Å². The molecule has 0 saturated carbocycles. The van der Waals surface area contributed by atoms with E-state index >= 15 is 0 Å². The first kappa shape index (κ1) is 21.9. The summed E-state index contributed by atoms with van der Waals surface area (Å²) in [5.41, 5.74) is 0.358. The van der Waals surface area contributed by atoms with Gasteiger partial charge in [-0.3, -0.25) is 4.79 Å². The molecule has 1 unspecified atom stereocenters. The van der Waals surface area contributed by atoms with Crippen LogP contribution in [0.2, 0.25) is 5.02 Å². The van der Waals surface area contributed by atoms with Crippen LogP contribution in [0, 0.1) is 9.39 Å². The van der Waals surface area contributed by atoms with Gasteiger partial charge in [0.05, 0.1) is 23.0 Å². The average Bonchev–Trinajstić information content (AvgIpc) is 3.24. The van der Waals surface area contributed by atoms with Crippen molar-refractivity contribution in [1.29, 1.82) is 0 Å². The molecule has 2 aromatic heterocycles. The fourth-order valence-corrected chi connectivity index (χ4v) is 5.28. The van der Waals surface area contributed by atoms with Gasteiger partial charge < -0.3 is 25.0 Å². The number of rotatable bonds is 4. The highest BCUT2D eigenvalue weighted by molar-refractivity contribution is 14.1. The molecule has 3 aromatic rings. The van der Waals surface area contributed by atoms with Gasteiger partial charge in [0.1, 0.15) is 16.4 Å². The molecule has 1 aromatic carbocycles. The average molecular weight is 570 g/mol. The number of hydrogen-bond acceptors (Lipinski definition) is 5. The van der Waals surface area contributed by atoms with E-state index in [1.54, 1.807) is 40.0 Å². The van der Waals surface area contributed by atoms with E-state index in [9.17, 15) is 14.3 Å². The van der Waals surface area contributed by atoms with Crippen LogP contribution in [0.4, 0.5) is 15.8 Å². The number of aromatic nitrogens is 2. The van der Waals surface area contributed by atoms with E-state index in [0.717, 1.165) is 22.8 Å². The maximum absolute atomic E-state index is 14.6. The lowest BCUT2D eigenvalue weighted by atomic mass is 9.81. The van der Waals surface area contributed by atoms with Crippen LogP contribution in [-0.4, -0.2) is 56.6 Å². The third kappa shape index (κ3) is 3.74. The predicted octanol–water partition coefficient (Wildman–Crippen LogP) is 3.80. The zero-order chi connectivity index (χ0) is 22.5. The van der Waals surface area contributed by atoms with Gasteiger partial charge in [-0.05, 0) is 60.1 Å². The number of benzene rings is 1. The number of likely N-dealkylation sites (tertiary alicyclic amines) is 1. The summed E-state index contributed by atoms with van der Waals surface area (Å²) in [7, 11) is 0. The van der Waals surface area contributed by atoms with Crippen molar-refractivity contribution >= 4 is 57.1 Å². The normalized spacial score (nSPS) is 20.2. The number of β-amino-alcohol motifs (C(OH)–C–C–N with tert-alkyl or cyclic N) is 1. The number of amides is 1. The first-order valence-corrected chi connectivity index (χ1v) is 11.9. The van der Waals surface area contributed by atoms with Gasteiger partial charge in [-0.25, -0.2) is 9.37 Å². The molecule has 5 rings (SSSR count). The molecule has 10 heteroatoms. The second-order valence-corrected chi connectivity index (χ2v) is 9.98. The summed E-state index contributed by atoms with van der Waals surface area (Å²) in [6.45, 7) is 1.46. The minimum Gasteiger partial charge on any atom is -0.385 e. The lowest BCUT2D eigenvalue weighted by Gasteiger charge is -2.50. The summed E-state index contributed by atoms with van der Waals surface area (Å²) in [6.07, 6.45) is 7.53. The largest absolute Gasteiger partial charge is 0.385 e. The molecule has 0 aliphatic carbocycles. The highest BCUT2D eigenvalue weighted by Crippen LogP contribution is 2.37. The smallest absolute Gasteiger partial charge is 0.257 e. The number of carbonyl (C=O) groups is 1. The van der Waals surface area contributed by atoms with Gasteiger partial charge in [-0.1, -0.05) is 11.6 Å². The van der Waals surface area contributed by atoms with Crippen LogP contribution in [0.25, 0.3) is 5.65 Å². The Morgan fingerprint density at radius 2 is 2.19 bits per heavy atom. The minimum absolute atomic E-state index is 0.217. The van der Waals surface area contributed by atoms with Crippen LogP contribution in [0.1, 0.15) is 29.6 Å². The van der Waals surface area contributed by atoms with Crippen LogP contribution >= 0.6 is 34.2 Å². The molecule has 0 radical (unpaired) electrons. The van der Waals surface area contributed by atoms with E-state index in [0.29, 0.717) is 36.5 Å². The molecule has 168 valence electrons. The molecule has 7 nitrogen and oxygen atoms in total. The third-order valence-electron chi connectivity index (χ3n) is 6.29. The maximum atomic E-state index is 14.6. The standard InChI is InChI=1S/C22H22ClFIN5O2/c23-18-19(28-16-5-4-13(25)9-15(16)24)14(10-29-8-6-27-20(18)29)21(31)30-7-2-1-3-17(30)22(32)11-26-12-22/h4-6,8-10,17,26,28,32H,1-3,7,11-12H2. The van der Waals surface area contributed by atoms with Crippen molar-refractivity contribution in [3.8, 4) is 0 Å². The monoisotopic (exact) mass is 569 g/mol. The molecule has 1 atom stereocenters. The van der Waals surface area contributed by atoms with Crippen LogP contribution in [-0.2, 0) is 0 Å². The van der Waals surface area contributed by atoms with Crippen molar-refractivity contribution < 1.29 is 14.3 Å². The van der Waals surface area contributed by atoms with Gasteiger partial charge in [-0.15, -0.1) is 0 Å².